The fraction of sp³-hybridized carbons (Fsp3) is 0.414. The van der Waals surface area contributed by atoms with Crippen molar-refractivity contribution < 1.29 is 14.3 Å². The number of likely N-dealkylation sites (tertiary alicyclic amines) is 1. The van der Waals surface area contributed by atoms with Gasteiger partial charge in [-0.2, -0.15) is 0 Å². The molecule has 1 saturated heterocycles. The highest BCUT2D eigenvalue weighted by atomic mass is 16.5. The van der Waals surface area contributed by atoms with Crippen molar-refractivity contribution in [3.05, 3.63) is 95.3 Å². The lowest BCUT2D eigenvalue weighted by atomic mass is 9.88. The number of carbonyl (C=O) groups excluding carboxylic acids is 1. The predicted octanol–water partition coefficient (Wildman–Crippen LogP) is 4.99. The van der Waals surface area contributed by atoms with Gasteiger partial charge in [0.15, 0.2) is 0 Å². The maximum absolute atomic E-state index is 13.0. The van der Waals surface area contributed by atoms with Gasteiger partial charge in [-0.15, -0.1) is 0 Å². The number of benzene rings is 2. The third-order valence-corrected chi connectivity index (χ3v) is 6.58. The third kappa shape index (κ3) is 6.81. The van der Waals surface area contributed by atoms with Gasteiger partial charge in [0.05, 0.1) is 6.61 Å². The van der Waals surface area contributed by atoms with Crippen LogP contribution in [0.4, 0.5) is 0 Å². The lowest BCUT2D eigenvalue weighted by Crippen LogP contribution is -2.40. The van der Waals surface area contributed by atoms with Gasteiger partial charge < -0.3 is 19.7 Å². The minimum Gasteiger partial charge on any atom is -0.490 e. The summed E-state index contributed by atoms with van der Waals surface area (Å²) >= 11 is 0. The molecule has 5 heteroatoms. The van der Waals surface area contributed by atoms with Gasteiger partial charge in [-0.1, -0.05) is 67.1 Å². The van der Waals surface area contributed by atoms with E-state index < -0.39 is 5.60 Å². The lowest BCUT2D eigenvalue weighted by molar-refractivity contribution is -0.119. The molecule has 1 atom stereocenters. The van der Waals surface area contributed by atoms with Gasteiger partial charge in [-0.25, -0.2) is 0 Å². The minimum atomic E-state index is -0.723. The number of piperidine rings is 1. The van der Waals surface area contributed by atoms with E-state index >= 15 is 0 Å². The van der Waals surface area contributed by atoms with Crippen LogP contribution in [0.3, 0.4) is 0 Å². The van der Waals surface area contributed by atoms with Crippen molar-refractivity contribution in [2.24, 2.45) is 0 Å². The fourth-order valence-corrected chi connectivity index (χ4v) is 4.52. The Kier molecular flexibility index (Phi) is 8.56. The van der Waals surface area contributed by atoms with Gasteiger partial charge in [-0.3, -0.25) is 4.79 Å². The molecule has 34 heavy (non-hydrogen) atoms. The Morgan fingerprint density at radius 3 is 2.24 bits per heavy atom. The van der Waals surface area contributed by atoms with Crippen LogP contribution in [0.15, 0.2) is 84.1 Å². The van der Waals surface area contributed by atoms with Crippen molar-refractivity contribution in [2.45, 2.75) is 51.4 Å². The van der Waals surface area contributed by atoms with E-state index in [0.717, 1.165) is 42.1 Å². The first kappa shape index (κ1) is 24.2. The highest BCUT2D eigenvalue weighted by Crippen LogP contribution is 2.35. The summed E-state index contributed by atoms with van der Waals surface area (Å²) in [6, 6.07) is 20.2. The van der Waals surface area contributed by atoms with Gasteiger partial charge in [0.2, 0.25) is 5.91 Å². The molecule has 1 unspecified atom stereocenters. The average Bonchev–Trinajstić information content (AvgIpc) is 2.88. The number of carbonyl (C=O) groups is 1. The van der Waals surface area contributed by atoms with Gasteiger partial charge in [0, 0.05) is 25.1 Å². The SMILES string of the molecule is CC1(OCc2ccccc2)CC(C(=O)NCCN2CCCCC2)=CC=C1OCc1ccccc1. The van der Waals surface area contributed by atoms with Gasteiger partial charge in [0.1, 0.15) is 18.0 Å². The number of allylic oxidation sites excluding steroid dienone is 2. The molecule has 1 N–H and O–H groups in total. The Hall–Kier alpha value is -2.89. The van der Waals surface area contributed by atoms with Crippen molar-refractivity contribution in [2.75, 3.05) is 26.2 Å². The summed E-state index contributed by atoms with van der Waals surface area (Å²) in [5, 5.41) is 3.11. The largest absolute Gasteiger partial charge is 0.490 e. The number of rotatable bonds is 10. The number of nitrogens with zero attached hydrogens (tertiary/aromatic N) is 1. The molecule has 1 amide bonds. The molecule has 1 aliphatic heterocycles. The van der Waals surface area contributed by atoms with E-state index in [1.807, 2.05) is 79.7 Å². The molecule has 0 radical (unpaired) electrons. The molecule has 2 aliphatic rings. The first-order valence-electron chi connectivity index (χ1n) is 12.4. The maximum atomic E-state index is 13.0. The monoisotopic (exact) mass is 460 g/mol. The molecule has 0 aromatic heterocycles. The number of amides is 1. The van der Waals surface area contributed by atoms with Crippen LogP contribution in [-0.2, 0) is 27.5 Å². The quantitative estimate of drug-likeness (QED) is 0.542. The van der Waals surface area contributed by atoms with Crippen LogP contribution in [0.25, 0.3) is 0 Å². The minimum absolute atomic E-state index is 0.0232. The van der Waals surface area contributed by atoms with Crippen LogP contribution in [0.1, 0.15) is 43.7 Å². The Morgan fingerprint density at radius 2 is 1.56 bits per heavy atom. The molecule has 4 rings (SSSR count). The Labute approximate surface area is 203 Å². The summed E-state index contributed by atoms with van der Waals surface area (Å²) < 4.78 is 12.6. The average molecular weight is 461 g/mol. The molecule has 5 nitrogen and oxygen atoms in total. The van der Waals surface area contributed by atoms with Crippen LogP contribution in [0.5, 0.6) is 0 Å². The van der Waals surface area contributed by atoms with E-state index in [1.165, 1.54) is 19.3 Å². The summed E-state index contributed by atoms with van der Waals surface area (Å²) in [5.41, 5.74) is 2.19. The van der Waals surface area contributed by atoms with Crippen molar-refractivity contribution >= 4 is 5.91 Å². The van der Waals surface area contributed by atoms with E-state index in [9.17, 15) is 4.79 Å². The topological polar surface area (TPSA) is 50.8 Å². The van der Waals surface area contributed by atoms with E-state index in [2.05, 4.69) is 10.2 Å². The maximum Gasteiger partial charge on any atom is 0.247 e. The summed E-state index contributed by atoms with van der Waals surface area (Å²) in [6.45, 7) is 6.76. The van der Waals surface area contributed by atoms with Crippen molar-refractivity contribution in [3.63, 3.8) is 0 Å². The second-order valence-electron chi connectivity index (χ2n) is 9.34. The van der Waals surface area contributed by atoms with Crippen molar-refractivity contribution in [1.29, 1.82) is 0 Å². The highest BCUT2D eigenvalue weighted by molar-refractivity contribution is 5.94. The van der Waals surface area contributed by atoms with E-state index in [0.29, 0.717) is 26.2 Å². The first-order valence-corrected chi connectivity index (χ1v) is 12.4. The van der Waals surface area contributed by atoms with Gasteiger partial charge in [-0.05, 0) is 56.1 Å². The number of ether oxygens (including phenoxy) is 2. The number of hydrogen-bond acceptors (Lipinski definition) is 4. The highest BCUT2D eigenvalue weighted by Gasteiger charge is 2.37. The Bertz CT molecular complexity index is 981. The summed E-state index contributed by atoms with van der Waals surface area (Å²) in [4.78, 5) is 15.4. The summed E-state index contributed by atoms with van der Waals surface area (Å²) in [5.74, 6) is 0.724. The molecule has 1 aliphatic carbocycles. The zero-order chi connectivity index (χ0) is 23.6. The van der Waals surface area contributed by atoms with Gasteiger partial charge >= 0.3 is 0 Å². The molecule has 180 valence electrons. The predicted molar refractivity (Wildman–Crippen MR) is 135 cm³/mol. The molecule has 2 aromatic carbocycles. The molecule has 1 fully saturated rings. The number of nitrogens with one attached hydrogen (secondary N) is 1. The Balaban J connectivity index is 1.40. The first-order chi connectivity index (χ1) is 16.6. The van der Waals surface area contributed by atoms with E-state index in [1.54, 1.807) is 0 Å². The summed E-state index contributed by atoms with van der Waals surface area (Å²) in [7, 11) is 0. The van der Waals surface area contributed by atoms with Crippen molar-refractivity contribution in [1.82, 2.24) is 10.2 Å². The molecule has 0 saturated carbocycles. The second kappa shape index (κ2) is 12.0. The molecule has 1 heterocycles. The van der Waals surface area contributed by atoms with E-state index in [4.69, 9.17) is 9.47 Å². The number of hydrogen-bond donors (Lipinski definition) is 1. The molecule has 0 bridgehead atoms. The second-order valence-corrected chi connectivity index (χ2v) is 9.34. The lowest BCUT2D eigenvalue weighted by Gasteiger charge is -2.35. The standard InChI is InChI=1S/C29H36N2O3/c1-29(34-23-25-13-7-3-8-14-25)21-26(28(32)30-17-20-31-18-9-4-10-19-31)15-16-27(29)33-22-24-11-5-2-6-12-24/h2-3,5-8,11-16H,4,9-10,17-23H2,1H3,(H,30,32). The normalized spacial score (nSPS) is 20.9. The summed E-state index contributed by atoms with van der Waals surface area (Å²) in [6.07, 6.45) is 8.08. The molecule has 2 aromatic rings. The fourth-order valence-electron chi connectivity index (χ4n) is 4.52. The van der Waals surface area contributed by atoms with Crippen LogP contribution < -0.4 is 5.32 Å². The Morgan fingerprint density at radius 1 is 0.912 bits per heavy atom. The molecule has 0 spiro atoms. The zero-order valence-electron chi connectivity index (χ0n) is 20.2. The van der Waals surface area contributed by atoms with Crippen molar-refractivity contribution in [3.8, 4) is 0 Å². The molecular formula is C29H36N2O3. The zero-order valence-corrected chi connectivity index (χ0v) is 20.2. The third-order valence-electron chi connectivity index (χ3n) is 6.58. The van der Waals surface area contributed by atoms with Crippen LogP contribution in [-0.4, -0.2) is 42.6 Å². The van der Waals surface area contributed by atoms with E-state index in [-0.39, 0.29) is 5.91 Å². The smallest absolute Gasteiger partial charge is 0.247 e. The van der Waals surface area contributed by atoms with Gasteiger partial charge in [0.25, 0.3) is 0 Å². The van der Waals surface area contributed by atoms with Crippen LogP contribution in [0, 0.1) is 0 Å². The van der Waals surface area contributed by atoms with Crippen LogP contribution in [0.2, 0.25) is 0 Å². The van der Waals surface area contributed by atoms with Crippen LogP contribution >= 0.6 is 0 Å². The molecular weight excluding hydrogens is 424 g/mol.